The molecule has 0 aliphatic heterocycles. The monoisotopic (exact) mass is 608 g/mol. The number of rotatable bonds is 15. The zero-order valence-electron chi connectivity index (χ0n) is 28.4. The maximum absolute atomic E-state index is 11.2. The summed E-state index contributed by atoms with van der Waals surface area (Å²) in [6, 6.07) is 0. The van der Waals surface area contributed by atoms with Crippen molar-refractivity contribution in [2.24, 2.45) is 17.3 Å². The van der Waals surface area contributed by atoms with E-state index in [1.54, 1.807) is 0 Å². The van der Waals surface area contributed by atoms with Crippen LogP contribution in [-0.4, -0.2) is 51.1 Å². The minimum atomic E-state index is -2.01. The van der Waals surface area contributed by atoms with Crippen molar-refractivity contribution in [3.8, 4) is 0 Å². The number of aliphatic hydroxyl groups excluding tert-OH is 1. The predicted octanol–water partition coefficient (Wildman–Crippen LogP) is 9.49. The number of carbonyl (C=O) groups is 1. The van der Waals surface area contributed by atoms with Gasteiger partial charge in [-0.25, -0.2) is 0 Å². The molecule has 0 radical (unpaired) electrons. The van der Waals surface area contributed by atoms with E-state index in [0.29, 0.717) is 12.8 Å². The van der Waals surface area contributed by atoms with Crippen molar-refractivity contribution < 1.29 is 23.9 Å². The number of aliphatic hydroxyl groups is 1. The van der Waals surface area contributed by atoms with Crippen LogP contribution in [0.2, 0.25) is 36.3 Å². The highest BCUT2D eigenvalue weighted by Crippen LogP contribution is 2.51. The first-order valence-corrected chi connectivity index (χ1v) is 22.1. The van der Waals surface area contributed by atoms with Crippen LogP contribution in [0.1, 0.15) is 113 Å². The summed E-state index contributed by atoms with van der Waals surface area (Å²) < 4.78 is 14.1. The molecule has 2 saturated carbocycles. The van der Waals surface area contributed by atoms with Crippen LogP contribution < -0.4 is 0 Å². The number of carboxylic acids is 1. The molecule has 0 aromatic carbocycles. The Labute approximate surface area is 254 Å². The SMILES string of the molecule is CCC1(C(CC=C[C@H]2C(O[Si](C)(C)C(C)(C)C)C[C@H](O)[C@@H]2C/C=C\CCCC(=O)O)O[Si](C)(C)C(C)(C)C)CCC1. The molecular weight excluding hydrogens is 545 g/mol. The van der Waals surface area contributed by atoms with Gasteiger partial charge in [-0.15, -0.1) is 0 Å². The molecule has 0 saturated heterocycles. The molecule has 5 atom stereocenters. The van der Waals surface area contributed by atoms with Crippen molar-refractivity contribution in [1.29, 1.82) is 0 Å². The number of aliphatic carboxylic acids is 1. The Hall–Kier alpha value is -0.736. The first-order valence-electron chi connectivity index (χ1n) is 16.3. The molecule has 7 heteroatoms. The van der Waals surface area contributed by atoms with Gasteiger partial charge in [0, 0.05) is 12.3 Å². The molecule has 2 unspecified atom stereocenters. The van der Waals surface area contributed by atoms with Gasteiger partial charge in [0.25, 0.3) is 0 Å². The topological polar surface area (TPSA) is 76.0 Å². The van der Waals surface area contributed by atoms with E-state index < -0.39 is 28.7 Å². The van der Waals surface area contributed by atoms with Gasteiger partial charge in [-0.1, -0.05) is 79.2 Å². The van der Waals surface area contributed by atoms with Crippen LogP contribution in [0.15, 0.2) is 24.3 Å². The van der Waals surface area contributed by atoms with Gasteiger partial charge >= 0.3 is 5.97 Å². The molecule has 2 aliphatic rings. The maximum Gasteiger partial charge on any atom is 0.303 e. The summed E-state index contributed by atoms with van der Waals surface area (Å²) in [5.41, 5.74) is 0.282. The maximum atomic E-state index is 11.2. The second-order valence-corrected chi connectivity index (χ2v) is 25.6. The van der Waals surface area contributed by atoms with Gasteiger partial charge in [-0.05, 0) is 99.0 Å². The average Bonchev–Trinajstić information content (AvgIpc) is 3.07. The lowest BCUT2D eigenvalue weighted by atomic mass is 9.63. The lowest BCUT2D eigenvalue weighted by Crippen LogP contribution is -2.51. The fourth-order valence-corrected chi connectivity index (χ4v) is 8.73. The molecule has 2 aliphatic carbocycles. The Bertz CT molecular complexity index is 886. The third-order valence-corrected chi connectivity index (χ3v) is 20.2. The average molecular weight is 609 g/mol. The smallest absolute Gasteiger partial charge is 0.303 e. The number of unbranched alkanes of at least 4 members (excludes halogenated alkanes) is 1. The van der Waals surface area contributed by atoms with Crippen LogP contribution >= 0.6 is 0 Å². The predicted molar refractivity (Wildman–Crippen MR) is 177 cm³/mol. The molecule has 41 heavy (non-hydrogen) atoms. The molecule has 0 aromatic rings. The van der Waals surface area contributed by atoms with E-state index in [-0.39, 0.29) is 46.0 Å². The third kappa shape index (κ3) is 9.62. The molecule has 2 rings (SSSR count). The fourth-order valence-electron chi connectivity index (χ4n) is 5.96. The van der Waals surface area contributed by atoms with E-state index in [4.69, 9.17) is 14.0 Å². The Morgan fingerprint density at radius 1 is 1.00 bits per heavy atom. The Morgan fingerprint density at radius 3 is 2.10 bits per heavy atom. The van der Waals surface area contributed by atoms with E-state index >= 15 is 0 Å². The lowest BCUT2D eigenvalue weighted by Gasteiger charge is -2.51. The van der Waals surface area contributed by atoms with Gasteiger partial charge in [0.1, 0.15) is 0 Å². The first kappa shape index (κ1) is 36.5. The molecule has 0 heterocycles. The Kier molecular flexibility index (Phi) is 12.8. The van der Waals surface area contributed by atoms with E-state index in [2.05, 4.69) is 99.0 Å². The molecule has 2 N–H and O–H groups in total. The van der Waals surface area contributed by atoms with Gasteiger partial charge < -0.3 is 19.1 Å². The van der Waals surface area contributed by atoms with Crippen LogP contribution in [0.25, 0.3) is 0 Å². The van der Waals surface area contributed by atoms with Crippen LogP contribution in [0.4, 0.5) is 0 Å². The van der Waals surface area contributed by atoms with Crippen LogP contribution in [0, 0.1) is 17.3 Å². The summed E-state index contributed by atoms with van der Waals surface area (Å²) >= 11 is 0. The normalized spacial score (nSPS) is 26.5. The zero-order chi connectivity index (χ0) is 31.3. The molecule has 2 fully saturated rings. The highest BCUT2D eigenvalue weighted by atomic mass is 28.4. The fraction of sp³-hybridized carbons (Fsp3) is 0.853. The Balaban J connectivity index is 2.28. The largest absolute Gasteiger partial charge is 0.481 e. The number of carboxylic acid groups (broad SMARTS) is 1. The Morgan fingerprint density at radius 2 is 1.61 bits per heavy atom. The highest BCUT2D eigenvalue weighted by molar-refractivity contribution is 6.74. The number of hydrogen-bond acceptors (Lipinski definition) is 4. The second kappa shape index (κ2) is 14.4. The van der Waals surface area contributed by atoms with Crippen LogP contribution in [0.5, 0.6) is 0 Å². The van der Waals surface area contributed by atoms with E-state index in [9.17, 15) is 9.90 Å². The van der Waals surface area contributed by atoms with Crippen molar-refractivity contribution in [3.63, 3.8) is 0 Å². The lowest BCUT2D eigenvalue weighted by molar-refractivity contribution is -0.137. The summed E-state index contributed by atoms with van der Waals surface area (Å²) in [5.74, 6) is -0.501. The molecule has 0 spiro atoms. The van der Waals surface area contributed by atoms with Gasteiger partial charge in [0.15, 0.2) is 16.6 Å². The zero-order valence-corrected chi connectivity index (χ0v) is 30.4. The molecule has 5 nitrogen and oxygen atoms in total. The molecule has 0 aromatic heterocycles. The van der Waals surface area contributed by atoms with E-state index in [0.717, 1.165) is 25.7 Å². The standard InChI is InChI=1S/C34H64O5Si2/c1-12-34(23-18-24-34)30(39-41(10,11)33(5,6)7)21-17-20-27-26(19-15-13-14-16-22-31(36)37)28(35)25-29(27)38-40(8,9)32(2,3)4/h13,15,17,20,26-30,35H,12,14,16,18-19,21-25H2,1-11H3,(H,36,37)/b15-13-,20-17?/t26-,27-,28+,29?,30?/m1/s1. The quantitative estimate of drug-likeness (QED) is 0.110. The molecule has 238 valence electrons. The van der Waals surface area contributed by atoms with Gasteiger partial charge in [0.2, 0.25) is 0 Å². The van der Waals surface area contributed by atoms with Crippen molar-refractivity contribution in [2.45, 2.75) is 167 Å². The summed E-state index contributed by atoms with van der Waals surface area (Å²) in [6.07, 6.45) is 17.7. The van der Waals surface area contributed by atoms with E-state index in [1.807, 2.05) is 0 Å². The van der Waals surface area contributed by atoms with Crippen molar-refractivity contribution >= 4 is 22.6 Å². The first-order chi connectivity index (χ1) is 18.8. The summed E-state index contributed by atoms with van der Waals surface area (Å²) in [7, 11) is -3.94. The second-order valence-electron chi connectivity index (χ2n) is 16.1. The van der Waals surface area contributed by atoms with Crippen molar-refractivity contribution in [1.82, 2.24) is 0 Å². The van der Waals surface area contributed by atoms with Crippen molar-refractivity contribution in [2.75, 3.05) is 0 Å². The minimum absolute atomic E-state index is 0.0103. The summed E-state index contributed by atoms with van der Waals surface area (Å²) in [4.78, 5) is 10.8. The van der Waals surface area contributed by atoms with Crippen LogP contribution in [-0.2, 0) is 13.6 Å². The van der Waals surface area contributed by atoms with Crippen LogP contribution in [0.3, 0.4) is 0 Å². The van der Waals surface area contributed by atoms with Gasteiger partial charge in [-0.2, -0.15) is 0 Å². The summed E-state index contributed by atoms with van der Waals surface area (Å²) in [6.45, 7) is 25.5. The number of hydrogen-bond donors (Lipinski definition) is 2. The highest BCUT2D eigenvalue weighted by Gasteiger charge is 2.49. The van der Waals surface area contributed by atoms with Crippen molar-refractivity contribution in [3.05, 3.63) is 24.3 Å². The molecule has 0 bridgehead atoms. The molecule has 0 amide bonds. The summed E-state index contributed by atoms with van der Waals surface area (Å²) in [5, 5.41) is 20.4. The van der Waals surface area contributed by atoms with E-state index in [1.165, 1.54) is 19.3 Å². The molecular formula is C34H64O5Si2. The van der Waals surface area contributed by atoms with Gasteiger partial charge in [0.05, 0.1) is 18.3 Å². The third-order valence-electron chi connectivity index (χ3n) is 11.2. The van der Waals surface area contributed by atoms with Gasteiger partial charge in [-0.3, -0.25) is 4.79 Å². The minimum Gasteiger partial charge on any atom is -0.481 e. The number of allylic oxidation sites excluding steroid dienone is 2.